The Balaban J connectivity index is 1.49. The van der Waals surface area contributed by atoms with Crippen LogP contribution in [0.3, 0.4) is 0 Å². The molecule has 0 unspecified atom stereocenters. The van der Waals surface area contributed by atoms with Crippen molar-refractivity contribution in [3.05, 3.63) is 72.4 Å². The van der Waals surface area contributed by atoms with Crippen molar-refractivity contribution in [2.45, 2.75) is 19.0 Å². The Kier molecular flexibility index (Phi) is 4.76. The molecular formula is C22H25N3O. The van der Waals surface area contributed by atoms with Crippen molar-refractivity contribution < 1.29 is 4.79 Å². The number of hydrogen-bond acceptors (Lipinski definition) is 2. The van der Waals surface area contributed by atoms with E-state index in [1.807, 2.05) is 18.2 Å². The summed E-state index contributed by atoms with van der Waals surface area (Å²) in [6, 6.07) is 21.0. The highest BCUT2D eigenvalue weighted by Gasteiger charge is 2.29. The number of piperazine rings is 1. The molecule has 1 aliphatic rings. The van der Waals surface area contributed by atoms with Crippen LogP contribution in [-0.4, -0.2) is 47.0 Å². The predicted octanol–water partition coefficient (Wildman–Crippen LogP) is 3.55. The third-order valence-electron chi connectivity index (χ3n) is 5.33. The summed E-state index contributed by atoms with van der Waals surface area (Å²) < 4.78 is 2.18. The van der Waals surface area contributed by atoms with Crippen LogP contribution < -0.4 is 0 Å². The van der Waals surface area contributed by atoms with Gasteiger partial charge in [-0.3, -0.25) is 4.79 Å². The number of hydrogen-bond donors (Lipinski definition) is 0. The van der Waals surface area contributed by atoms with Crippen LogP contribution in [-0.2, 0) is 11.3 Å². The molecule has 3 aromatic rings. The molecule has 4 rings (SSSR count). The largest absolute Gasteiger partial charge is 0.347 e. The Bertz CT molecular complexity index is 887. The number of aromatic nitrogens is 1. The fourth-order valence-corrected chi connectivity index (χ4v) is 3.87. The number of benzene rings is 2. The van der Waals surface area contributed by atoms with Gasteiger partial charge in [0.2, 0.25) is 5.91 Å². The lowest BCUT2D eigenvalue weighted by Crippen LogP contribution is -2.49. The van der Waals surface area contributed by atoms with Crippen molar-refractivity contribution in [2.24, 2.45) is 0 Å². The van der Waals surface area contributed by atoms with Crippen molar-refractivity contribution in [3.63, 3.8) is 0 Å². The van der Waals surface area contributed by atoms with Crippen LogP contribution in [0.1, 0.15) is 18.0 Å². The predicted molar refractivity (Wildman–Crippen MR) is 105 cm³/mol. The highest BCUT2D eigenvalue weighted by atomic mass is 16.2. The maximum Gasteiger partial charge on any atom is 0.224 e. The quantitative estimate of drug-likeness (QED) is 0.722. The van der Waals surface area contributed by atoms with Crippen LogP contribution >= 0.6 is 0 Å². The monoisotopic (exact) mass is 347 g/mol. The Hall–Kier alpha value is -2.59. The molecule has 1 atom stereocenters. The molecule has 1 aliphatic heterocycles. The second-order valence-electron chi connectivity index (χ2n) is 7.09. The molecule has 1 fully saturated rings. The van der Waals surface area contributed by atoms with Crippen molar-refractivity contribution in [1.29, 1.82) is 0 Å². The molecule has 4 nitrogen and oxygen atoms in total. The molecule has 1 amide bonds. The standard InChI is InChI=1S/C22H25N3O/c1-23-15-16-25(21(17-23)18-7-3-2-4-8-18)22(26)12-14-24-13-11-19-9-5-6-10-20(19)24/h2-11,13,21H,12,14-17H2,1H3/t21-/m1/s1. The zero-order valence-electron chi connectivity index (χ0n) is 15.2. The van der Waals surface area contributed by atoms with Gasteiger partial charge in [-0.15, -0.1) is 0 Å². The molecule has 0 aliphatic carbocycles. The van der Waals surface area contributed by atoms with Gasteiger partial charge in [-0.25, -0.2) is 0 Å². The summed E-state index contributed by atoms with van der Waals surface area (Å²) >= 11 is 0. The summed E-state index contributed by atoms with van der Waals surface area (Å²) in [6.07, 6.45) is 2.61. The lowest BCUT2D eigenvalue weighted by Gasteiger charge is -2.40. The van der Waals surface area contributed by atoms with Crippen molar-refractivity contribution >= 4 is 16.8 Å². The molecule has 1 aromatic heterocycles. The van der Waals surface area contributed by atoms with E-state index >= 15 is 0 Å². The van der Waals surface area contributed by atoms with E-state index in [4.69, 9.17) is 0 Å². The maximum atomic E-state index is 13.0. The van der Waals surface area contributed by atoms with Gasteiger partial charge in [0.1, 0.15) is 0 Å². The van der Waals surface area contributed by atoms with Crippen LogP contribution in [0.2, 0.25) is 0 Å². The van der Waals surface area contributed by atoms with Crippen LogP contribution in [0.25, 0.3) is 10.9 Å². The first kappa shape index (κ1) is 16.9. The van der Waals surface area contributed by atoms with Crippen molar-refractivity contribution in [3.8, 4) is 0 Å². The van der Waals surface area contributed by atoms with E-state index in [0.717, 1.165) is 26.2 Å². The summed E-state index contributed by atoms with van der Waals surface area (Å²) in [5.74, 6) is 0.240. The van der Waals surface area contributed by atoms with Gasteiger partial charge in [0.25, 0.3) is 0 Å². The highest BCUT2D eigenvalue weighted by molar-refractivity contribution is 5.81. The molecule has 134 valence electrons. The number of para-hydroxylation sites is 1. The number of aryl methyl sites for hydroxylation is 1. The number of carbonyl (C=O) groups is 1. The van der Waals surface area contributed by atoms with Gasteiger partial charge in [0.15, 0.2) is 0 Å². The lowest BCUT2D eigenvalue weighted by molar-refractivity contribution is -0.136. The second kappa shape index (κ2) is 7.34. The SMILES string of the molecule is CN1CCN(C(=O)CCn2ccc3ccccc32)[C@@H](c2ccccc2)C1. The Morgan fingerprint density at radius 3 is 2.62 bits per heavy atom. The zero-order chi connectivity index (χ0) is 17.9. The molecule has 0 N–H and O–H groups in total. The normalized spacial score (nSPS) is 18.3. The summed E-state index contributed by atoms with van der Waals surface area (Å²) in [7, 11) is 2.13. The average Bonchev–Trinajstić information content (AvgIpc) is 3.10. The number of likely N-dealkylation sites (N-methyl/N-ethyl adjacent to an activating group) is 1. The third-order valence-corrected chi connectivity index (χ3v) is 5.33. The average molecular weight is 347 g/mol. The van der Waals surface area contributed by atoms with E-state index < -0.39 is 0 Å². The van der Waals surface area contributed by atoms with E-state index in [-0.39, 0.29) is 11.9 Å². The topological polar surface area (TPSA) is 28.5 Å². The van der Waals surface area contributed by atoms with Gasteiger partial charge >= 0.3 is 0 Å². The van der Waals surface area contributed by atoms with E-state index in [1.54, 1.807) is 0 Å². The molecule has 26 heavy (non-hydrogen) atoms. The maximum absolute atomic E-state index is 13.0. The first-order valence-corrected chi connectivity index (χ1v) is 9.29. The summed E-state index contributed by atoms with van der Waals surface area (Å²) in [5, 5.41) is 1.22. The molecule has 0 saturated carbocycles. The number of nitrogens with zero attached hydrogens (tertiary/aromatic N) is 3. The van der Waals surface area contributed by atoms with Gasteiger partial charge in [-0.05, 0) is 30.1 Å². The van der Waals surface area contributed by atoms with E-state index in [0.29, 0.717) is 6.42 Å². The van der Waals surface area contributed by atoms with E-state index in [1.165, 1.54) is 16.5 Å². The first-order chi connectivity index (χ1) is 12.7. The van der Waals surface area contributed by atoms with Crippen LogP contribution in [0.15, 0.2) is 66.9 Å². The molecule has 0 spiro atoms. The fourth-order valence-electron chi connectivity index (χ4n) is 3.87. The summed E-state index contributed by atoms with van der Waals surface area (Å²) in [4.78, 5) is 17.4. The van der Waals surface area contributed by atoms with Crippen LogP contribution in [0, 0.1) is 0 Å². The van der Waals surface area contributed by atoms with Gasteiger partial charge in [-0.2, -0.15) is 0 Å². The fraction of sp³-hybridized carbons (Fsp3) is 0.318. The van der Waals surface area contributed by atoms with E-state index in [9.17, 15) is 4.79 Å². The molecule has 0 bridgehead atoms. The Labute approximate surface area is 154 Å². The summed E-state index contributed by atoms with van der Waals surface area (Å²) in [5.41, 5.74) is 2.41. The van der Waals surface area contributed by atoms with Crippen molar-refractivity contribution in [2.75, 3.05) is 26.7 Å². The minimum Gasteiger partial charge on any atom is -0.347 e. The molecule has 0 radical (unpaired) electrons. The minimum atomic E-state index is 0.142. The Morgan fingerprint density at radius 2 is 1.77 bits per heavy atom. The van der Waals surface area contributed by atoms with Crippen LogP contribution in [0.4, 0.5) is 0 Å². The van der Waals surface area contributed by atoms with Gasteiger partial charge in [-0.1, -0.05) is 48.5 Å². The number of rotatable bonds is 4. The van der Waals surface area contributed by atoms with Crippen molar-refractivity contribution in [1.82, 2.24) is 14.4 Å². The Morgan fingerprint density at radius 1 is 1.00 bits per heavy atom. The van der Waals surface area contributed by atoms with Gasteiger partial charge in [0, 0.05) is 44.3 Å². The number of carbonyl (C=O) groups excluding carboxylic acids is 1. The lowest BCUT2D eigenvalue weighted by atomic mass is 10.0. The minimum absolute atomic E-state index is 0.142. The smallest absolute Gasteiger partial charge is 0.224 e. The molecule has 1 saturated heterocycles. The second-order valence-corrected chi connectivity index (χ2v) is 7.09. The summed E-state index contributed by atoms with van der Waals surface area (Å²) in [6.45, 7) is 3.34. The highest BCUT2D eigenvalue weighted by Crippen LogP contribution is 2.26. The molecular weight excluding hydrogens is 322 g/mol. The molecule has 2 heterocycles. The zero-order valence-corrected chi connectivity index (χ0v) is 15.2. The van der Waals surface area contributed by atoms with Crippen LogP contribution in [0.5, 0.6) is 0 Å². The van der Waals surface area contributed by atoms with Gasteiger partial charge < -0.3 is 14.4 Å². The molecule has 4 heteroatoms. The third kappa shape index (κ3) is 3.37. The first-order valence-electron chi connectivity index (χ1n) is 9.29. The van der Waals surface area contributed by atoms with Gasteiger partial charge in [0.05, 0.1) is 6.04 Å². The molecule has 2 aromatic carbocycles. The number of fused-ring (bicyclic) bond motifs is 1. The van der Waals surface area contributed by atoms with E-state index in [2.05, 4.69) is 70.1 Å². The number of amides is 1.